The molecule has 0 radical (unpaired) electrons. The Morgan fingerprint density at radius 2 is 1.22 bits per heavy atom. The predicted octanol–water partition coefficient (Wildman–Crippen LogP) is 3.62. The predicted molar refractivity (Wildman–Crippen MR) is 279 cm³/mol. The number of ether oxygens (including phenoxy) is 16. The van der Waals surface area contributed by atoms with Crippen LogP contribution in [0.25, 0.3) is 0 Å². The fraction of sp³-hybridized carbons (Fsp3) is 0.918. The van der Waals surface area contributed by atoms with Gasteiger partial charge in [-0.3, -0.25) is 4.79 Å². The molecule has 0 aromatic rings. The fourth-order valence-electron chi connectivity index (χ4n) is 18.9. The lowest BCUT2D eigenvalue weighted by atomic mass is 9.78. The first kappa shape index (κ1) is 55.5. The summed E-state index contributed by atoms with van der Waals surface area (Å²) >= 11 is 0. The molecule has 34 atom stereocenters. The van der Waals surface area contributed by atoms with Gasteiger partial charge in [0.05, 0.1) is 123 Å². The average Bonchev–Trinajstić information content (AvgIpc) is 1.67. The Kier molecular flexibility index (Phi) is 13.6. The topological polar surface area (TPSA) is 246 Å². The van der Waals surface area contributed by atoms with Gasteiger partial charge in [0.15, 0.2) is 17.7 Å². The Balaban J connectivity index is 0.633. The Bertz CT molecular complexity index is 2500. The number of aliphatic hydroxyl groups is 4. The Morgan fingerprint density at radius 1 is 0.537 bits per heavy atom. The summed E-state index contributed by atoms with van der Waals surface area (Å²) in [7, 11) is 0. The van der Waals surface area contributed by atoms with E-state index in [-0.39, 0.29) is 122 Å². The molecule has 17 aliphatic rings. The Hall–Kier alpha value is -1.81. The van der Waals surface area contributed by atoms with E-state index in [1.54, 1.807) is 0 Å². The third kappa shape index (κ3) is 8.87. The van der Waals surface area contributed by atoms with Crippen molar-refractivity contribution in [2.75, 3.05) is 6.61 Å². The minimum Gasteiger partial charge on any atom is -0.459 e. The summed E-state index contributed by atoms with van der Waals surface area (Å²) in [6.07, 6.45) is -3.21. The largest absolute Gasteiger partial charge is 0.459 e. The number of fused-ring (bicyclic) bond motifs is 11. The number of carbonyl (C=O) groups is 1. The number of esters is 1. The standard InChI is InChI=1S/C61H86O21/c1-25-13-31-7-9-35-26(2)14-33(67-35)11-12-60-57(65)61(66)56(82-60)55-54(81-61)53(80-60)52-36(72-55)10-8-32(69-52)15-47(64)75-51-30(6)50-43(71-42(51)16-37(68-31)29(25)5)19-41-45(74-50)22-59(76-41)23-46-49(79-59)28(4)21-58(78-46)20-27(3)48-44(77-58)18-39-40(73-48)17-38(70-39)34(63)24-62/h25,27-28,30-46,48-57,62-63,65-66H,2,5,7-24H2,1,3-4,6H3/t25-,27+,28+,30+,31+,32-,33+,34+,35+,36+,37?,38+,39-,40-,41-,42+,43+,44+,45-,46+,48+,49+,50+,51-,52+,53+,54+,55?,56+,57+,58-,59-,60-,61?/m1/s1. The van der Waals surface area contributed by atoms with Crippen molar-refractivity contribution in [3.8, 4) is 0 Å². The molecule has 21 heteroatoms. The summed E-state index contributed by atoms with van der Waals surface area (Å²) in [5.74, 6) is -5.68. The van der Waals surface area contributed by atoms with Crippen LogP contribution in [0.15, 0.2) is 24.3 Å². The van der Waals surface area contributed by atoms with E-state index >= 15 is 0 Å². The summed E-state index contributed by atoms with van der Waals surface area (Å²) in [6, 6.07) is 0. The minimum atomic E-state index is -2.03. The maximum absolute atomic E-state index is 14.6. The highest BCUT2D eigenvalue weighted by Crippen LogP contribution is 2.60. The quantitative estimate of drug-likeness (QED) is 0.228. The van der Waals surface area contributed by atoms with E-state index in [9.17, 15) is 25.2 Å². The van der Waals surface area contributed by atoms with E-state index < -0.39 is 108 Å². The van der Waals surface area contributed by atoms with Crippen molar-refractivity contribution in [2.45, 2.75) is 319 Å². The van der Waals surface area contributed by atoms with Crippen molar-refractivity contribution in [1.29, 1.82) is 0 Å². The monoisotopic (exact) mass is 1150 g/mol. The second kappa shape index (κ2) is 20.1. The van der Waals surface area contributed by atoms with Crippen molar-refractivity contribution in [3.05, 3.63) is 24.3 Å². The van der Waals surface area contributed by atoms with Gasteiger partial charge in [-0.25, -0.2) is 0 Å². The zero-order valence-electron chi connectivity index (χ0n) is 47.7. The van der Waals surface area contributed by atoms with Crippen LogP contribution in [0.3, 0.4) is 0 Å². The molecule has 0 saturated carbocycles. The highest BCUT2D eigenvalue weighted by atomic mass is 16.8. The van der Waals surface area contributed by atoms with Crippen LogP contribution in [0.5, 0.6) is 0 Å². The molecule has 0 aliphatic carbocycles. The third-order valence-electron chi connectivity index (χ3n) is 22.9. The van der Waals surface area contributed by atoms with Crippen LogP contribution in [0.1, 0.15) is 137 Å². The molecule has 4 N–H and O–H groups in total. The first-order valence-corrected chi connectivity index (χ1v) is 31.6. The zero-order chi connectivity index (χ0) is 56.1. The van der Waals surface area contributed by atoms with Crippen LogP contribution >= 0.6 is 0 Å². The lowest BCUT2D eigenvalue weighted by molar-refractivity contribution is -0.369. The Labute approximate surface area is 478 Å². The van der Waals surface area contributed by atoms with Crippen molar-refractivity contribution >= 4 is 5.97 Å². The van der Waals surface area contributed by atoms with Crippen LogP contribution in [-0.4, -0.2) is 215 Å². The van der Waals surface area contributed by atoms with Gasteiger partial charge in [-0.15, -0.1) is 0 Å². The van der Waals surface area contributed by atoms with Crippen LogP contribution in [0, 0.1) is 23.7 Å². The normalized spacial score (nSPS) is 59.6. The number of carbonyl (C=O) groups excluding carboxylic acids is 1. The molecule has 82 heavy (non-hydrogen) atoms. The minimum absolute atomic E-state index is 0.0316. The van der Waals surface area contributed by atoms with Gasteiger partial charge >= 0.3 is 5.97 Å². The van der Waals surface area contributed by atoms with E-state index in [0.29, 0.717) is 83.5 Å². The highest BCUT2D eigenvalue weighted by Gasteiger charge is 2.79. The van der Waals surface area contributed by atoms with Crippen molar-refractivity contribution in [3.63, 3.8) is 0 Å². The van der Waals surface area contributed by atoms with Crippen LogP contribution in [0.4, 0.5) is 0 Å². The molecule has 0 aromatic heterocycles. The number of aliphatic hydroxyl groups excluding tert-OH is 3. The average molecular weight is 1160 g/mol. The molecule has 3 unspecified atom stereocenters. The van der Waals surface area contributed by atoms with Gasteiger partial charge in [0.2, 0.25) is 11.6 Å². The lowest BCUT2D eigenvalue weighted by Crippen LogP contribution is -2.63. The lowest BCUT2D eigenvalue weighted by Gasteiger charge is -2.54. The molecule has 17 saturated heterocycles. The second-order valence-corrected chi connectivity index (χ2v) is 28.4. The number of hydrogen-bond acceptors (Lipinski definition) is 21. The maximum atomic E-state index is 14.6. The van der Waals surface area contributed by atoms with E-state index in [1.807, 2.05) is 0 Å². The van der Waals surface area contributed by atoms with Gasteiger partial charge in [0.25, 0.3) is 0 Å². The van der Waals surface area contributed by atoms with Crippen LogP contribution < -0.4 is 0 Å². The summed E-state index contributed by atoms with van der Waals surface area (Å²) < 4.78 is 109. The molecule has 17 rings (SSSR count). The Morgan fingerprint density at radius 3 is 2.06 bits per heavy atom. The molecule has 0 amide bonds. The third-order valence-corrected chi connectivity index (χ3v) is 22.9. The first-order valence-electron chi connectivity index (χ1n) is 31.6. The van der Waals surface area contributed by atoms with Crippen molar-refractivity contribution < 1.29 is 101 Å². The molecular weight excluding hydrogens is 1070 g/mol. The molecule has 17 heterocycles. The molecule has 3 spiro atoms. The first-order chi connectivity index (χ1) is 39.3. The van der Waals surface area contributed by atoms with Gasteiger partial charge < -0.3 is 96.2 Å². The van der Waals surface area contributed by atoms with Crippen LogP contribution in [0.2, 0.25) is 0 Å². The maximum Gasteiger partial charge on any atom is 0.308 e. The molecule has 456 valence electrons. The molecule has 21 nitrogen and oxygen atoms in total. The molecular formula is C61H86O21. The van der Waals surface area contributed by atoms with Gasteiger partial charge in [-0.05, 0) is 73.8 Å². The summed E-state index contributed by atoms with van der Waals surface area (Å²) in [5.41, 5.74) is 2.01. The van der Waals surface area contributed by atoms with Crippen molar-refractivity contribution in [1.82, 2.24) is 0 Å². The van der Waals surface area contributed by atoms with E-state index in [2.05, 4.69) is 40.9 Å². The second-order valence-electron chi connectivity index (χ2n) is 28.4. The SMILES string of the molecule is C=C1C2C[C@@H]3O[C@H]4C[C@H]5O[C@]6(C[C@@H]7O[C@]8(C[C@H](C)[C@@H]9O[C@@H]%10C[C@@H]([C@@H](O)CO)O[C@@H]%10C[C@@H]9O8)C[C@H](C)[C@@H]7O6)C[C@H]5O[C@H]4[C@H](C)[C@H]3OC(=O)C[C@H]3CC[C@@H]4OC5[C@H]6OC7(O)[C@@H](O)[C@](CC[C@H]8CC(=C)[C@H](CC[C@@H](C[C@H]1C)O2)O8)(O[C@H]6[C@H]4O3)O[C@@H]57. The fourth-order valence-corrected chi connectivity index (χ4v) is 18.9. The van der Waals surface area contributed by atoms with E-state index in [4.69, 9.17) is 75.8 Å². The number of hydrogen-bond donors (Lipinski definition) is 4. The summed E-state index contributed by atoms with van der Waals surface area (Å²) in [4.78, 5) is 14.6. The van der Waals surface area contributed by atoms with E-state index in [0.717, 1.165) is 24.0 Å². The van der Waals surface area contributed by atoms with Gasteiger partial charge in [-0.1, -0.05) is 40.9 Å². The van der Waals surface area contributed by atoms with Gasteiger partial charge in [0.1, 0.15) is 42.7 Å². The van der Waals surface area contributed by atoms with Gasteiger partial charge in [0, 0.05) is 63.7 Å². The smallest absolute Gasteiger partial charge is 0.308 e. The highest BCUT2D eigenvalue weighted by molar-refractivity contribution is 5.70. The van der Waals surface area contributed by atoms with E-state index in [1.165, 1.54) is 0 Å². The molecule has 12 bridgehead atoms. The zero-order valence-corrected chi connectivity index (χ0v) is 47.7. The summed E-state index contributed by atoms with van der Waals surface area (Å²) in [6.45, 7) is 17.4. The number of rotatable bonds is 2. The van der Waals surface area contributed by atoms with Crippen molar-refractivity contribution in [2.24, 2.45) is 23.7 Å². The molecule has 0 aromatic carbocycles. The van der Waals surface area contributed by atoms with Crippen LogP contribution in [-0.2, 0) is 80.6 Å². The van der Waals surface area contributed by atoms with Gasteiger partial charge in [-0.2, -0.15) is 0 Å². The molecule has 17 fully saturated rings. The molecule has 17 aliphatic heterocycles. The summed E-state index contributed by atoms with van der Waals surface area (Å²) in [5, 5.41) is 43.8.